The van der Waals surface area contributed by atoms with E-state index in [1.54, 1.807) is 30.1 Å². The predicted molar refractivity (Wildman–Crippen MR) is 59.9 cm³/mol. The van der Waals surface area contributed by atoms with Crippen LogP contribution in [0, 0.1) is 5.82 Å². The van der Waals surface area contributed by atoms with Crippen molar-refractivity contribution in [3.8, 4) is 11.3 Å². The molecule has 2 rings (SSSR count). The van der Waals surface area contributed by atoms with Gasteiger partial charge >= 0.3 is 5.97 Å². The molecule has 0 aliphatic rings. The van der Waals surface area contributed by atoms with Crippen molar-refractivity contribution in [3.63, 3.8) is 0 Å². The number of carbonyl (C=O) groups excluding carboxylic acids is 1. The maximum atomic E-state index is 13.4. The molecule has 0 saturated heterocycles. The van der Waals surface area contributed by atoms with Crippen LogP contribution in [0.3, 0.4) is 0 Å². The molecule has 0 radical (unpaired) electrons. The summed E-state index contributed by atoms with van der Waals surface area (Å²) in [6, 6.07) is 5.82. The number of hydrogen-bond donors (Lipinski definition) is 0. The molecule has 0 spiro atoms. The van der Waals surface area contributed by atoms with Crippen LogP contribution < -0.4 is 0 Å². The normalized spacial score (nSPS) is 10.3. The van der Waals surface area contributed by atoms with E-state index in [-0.39, 0.29) is 5.56 Å². The first kappa shape index (κ1) is 11.3. The minimum absolute atomic E-state index is 0.184. The number of rotatable bonds is 2. The summed E-state index contributed by atoms with van der Waals surface area (Å²) in [4.78, 5) is 11.4. The molecule has 0 N–H and O–H groups in total. The third kappa shape index (κ3) is 2.18. The number of esters is 1. The van der Waals surface area contributed by atoms with Gasteiger partial charge in [-0.15, -0.1) is 0 Å². The lowest BCUT2D eigenvalue weighted by Crippen LogP contribution is -2.03. The SMILES string of the molecule is COC(=O)c1cc(F)cc(-c2ccnn2C)c1. The van der Waals surface area contributed by atoms with E-state index in [1.165, 1.54) is 13.2 Å². The smallest absolute Gasteiger partial charge is 0.337 e. The van der Waals surface area contributed by atoms with Crippen LogP contribution in [0.4, 0.5) is 4.39 Å². The molecule has 1 heterocycles. The summed E-state index contributed by atoms with van der Waals surface area (Å²) in [5.41, 5.74) is 1.50. The lowest BCUT2D eigenvalue weighted by atomic mass is 10.1. The molecule has 1 aromatic carbocycles. The summed E-state index contributed by atoms with van der Waals surface area (Å²) in [6.45, 7) is 0. The highest BCUT2D eigenvalue weighted by Crippen LogP contribution is 2.21. The molecular weight excluding hydrogens is 223 g/mol. The average molecular weight is 234 g/mol. The van der Waals surface area contributed by atoms with Crippen LogP contribution in [0.25, 0.3) is 11.3 Å². The predicted octanol–water partition coefficient (Wildman–Crippen LogP) is 2.01. The van der Waals surface area contributed by atoms with Gasteiger partial charge in [-0.3, -0.25) is 4.68 Å². The summed E-state index contributed by atoms with van der Waals surface area (Å²) < 4.78 is 19.6. The number of nitrogens with zero attached hydrogens (tertiary/aromatic N) is 2. The molecule has 0 aliphatic heterocycles. The van der Waals surface area contributed by atoms with E-state index in [9.17, 15) is 9.18 Å². The summed E-state index contributed by atoms with van der Waals surface area (Å²) >= 11 is 0. The largest absolute Gasteiger partial charge is 0.465 e. The minimum atomic E-state index is -0.562. The fraction of sp³-hybridized carbons (Fsp3) is 0.167. The van der Waals surface area contributed by atoms with Crippen molar-refractivity contribution in [2.24, 2.45) is 7.05 Å². The Hall–Kier alpha value is -2.17. The van der Waals surface area contributed by atoms with Gasteiger partial charge in [-0.1, -0.05) is 0 Å². The molecule has 0 atom stereocenters. The van der Waals surface area contributed by atoms with Gasteiger partial charge < -0.3 is 4.74 Å². The first-order valence-electron chi connectivity index (χ1n) is 4.99. The summed E-state index contributed by atoms with van der Waals surface area (Å²) in [6.07, 6.45) is 1.61. The fourth-order valence-electron chi connectivity index (χ4n) is 1.63. The lowest BCUT2D eigenvalue weighted by Gasteiger charge is -2.05. The zero-order chi connectivity index (χ0) is 12.4. The van der Waals surface area contributed by atoms with Crippen molar-refractivity contribution < 1.29 is 13.9 Å². The average Bonchev–Trinajstić information content (AvgIpc) is 2.73. The second-order valence-electron chi connectivity index (χ2n) is 3.56. The number of aryl methyl sites for hydroxylation is 1. The van der Waals surface area contributed by atoms with Gasteiger partial charge in [0.25, 0.3) is 0 Å². The van der Waals surface area contributed by atoms with Crippen molar-refractivity contribution in [1.82, 2.24) is 9.78 Å². The second kappa shape index (κ2) is 4.37. The maximum Gasteiger partial charge on any atom is 0.337 e. The Bertz CT molecular complexity index is 563. The Morgan fingerprint density at radius 2 is 2.18 bits per heavy atom. The van der Waals surface area contributed by atoms with E-state index >= 15 is 0 Å². The molecule has 88 valence electrons. The van der Waals surface area contributed by atoms with Gasteiger partial charge in [0.05, 0.1) is 18.4 Å². The van der Waals surface area contributed by atoms with E-state index in [4.69, 9.17) is 0 Å². The third-order valence-corrected chi connectivity index (χ3v) is 2.44. The van der Waals surface area contributed by atoms with E-state index in [0.29, 0.717) is 5.56 Å². The molecule has 0 fully saturated rings. The van der Waals surface area contributed by atoms with Crippen LogP contribution in [-0.4, -0.2) is 22.9 Å². The van der Waals surface area contributed by atoms with Crippen molar-refractivity contribution in [2.45, 2.75) is 0 Å². The number of methoxy groups -OCH3 is 1. The summed E-state index contributed by atoms with van der Waals surface area (Å²) in [5.74, 6) is -1.04. The van der Waals surface area contributed by atoms with Crippen LogP contribution in [0.1, 0.15) is 10.4 Å². The van der Waals surface area contributed by atoms with E-state index in [2.05, 4.69) is 9.84 Å². The fourth-order valence-corrected chi connectivity index (χ4v) is 1.63. The van der Waals surface area contributed by atoms with Crippen molar-refractivity contribution >= 4 is 5.97 Å². The van der Waals surface area contributed by atoms with Crippen LogP contribution in [0.15, 0.2) is 30.5 Å². The zero-order valence-electron chi connectivity index (χ0n) is 9.48. The van der Waals surface area contributed by atoms with Gasteiger partial charge in [0.15, 0.2) is 0 Å². The number of carbonyl (C=O) groups is 1. The molecule has 0 saturated carbocycles. The summed E-state index contributed by atoms with van der Waals surface area (Å²) in [7, 11) is 3.01. The Labute approximate surface area is 97.6 Å². The van der Waals surface area contributed by atoms with Gasteiger partial charge in [-0.05, 0) is 24.3 Å². The number of aromatic nitrogens is 2. The number of hydrogen-bond acceptors (Lipinski definition) is 3. The van der Waals surface area contributed by atoms with E-state index in [1.807, 2.05) is 0 Å². The van der Waals surface area contributed by atoms with Gasteiger partial charge in [0.1, 0.15) is 5.82 Å². The maximum absolute atomic E-state index is 13.4. The van der Waals surface area contributed by atoms with E-state index in [0.717, 1.165) is 11.8 Å². The quantitative estimate of drug-likeness (QED) is 0.746. The highest BCUT2D eigenvalue weighted by atomic mass is 19.1. The second-order valence-corrected chi connectivity index (χ2v) is 3.56. The van der Waals surface area contributed by atoms with Crippen LogP contribution in [0.2, 0.25) is 0 Å². The molecule has 1 aromatic heterocycles. The third-order valence-electron chi connectivity index (χ3n) is 2.44. The van der Waals surface area contributed by atoms with Crippen molar-refractivity contribution in [1.29, 1.82) is 0 Å². The molecule has 2 aromatic rings. The Morgan fingerprint density at radius 3 is 2.76 bits per heavy atom. The van der Waals surface area contributed by atoms with Gasteiger partial charge in [-0.2, -0.15) is 5.10 Å². The number of benzene rings is 1. The van der Waals surface area contributed by atoms with Crippen molar-refractivity contribution in [2.75, 3.05) is 7.11 Å². The topological polar surface area (TPSA) is 44.1 Å². The Morgan fingerprint density at radius 1 is 1.41 bits per heavy atom. The molecule has 4 nitrogen and oxygen atoms in total. The van der Waals surface area contributed by atoms with Gasteiger partial charge in [0.2, 0.25) is 0 Å². The molecule has 5 heteroatoms. The van der Waals surface area contributed by atoms with Gasteiger partial charge in [-0.25, -0.2) is 9.18 Å². The molecule has 0 unspecified atom stereocenters. The first-order chi connectivity index (χ1) is 8.11. The van der Waals surface area contributed by atoms with E-state index < -0.39 is 11.8 Å². The van der Waals surface area contributed by atoms with Crippen LogP contribution >= 0.6 is 0 Å². The molecule has 0 aliphatic carbocycles. The lowest BCUT2D eigenvalue weighted by molar-refractivity contribution is 0.0600. The van der Waals surface area contributed by atoms with Crippen LogP contribution in [-0.2, 0) is 11.8 Å². The highest BCUT2D eigenvalue weighted by molar-refractivity contribution is 5.90. The standard InChI is InChI=1S/C12H11FN2O2/c1-15-11(3-4-14-15)8-5-9(12(16)17-2)7-10(13)6-8/h3-7H,1-2H3. The zero-order valence-corrected chi connectivity index (χ0v) is 9.48. The van der Waals surface area contributed by atoms with Crippen LogP contribution in [0.5, 0.6) is 0 Å². The first-order valence-corrected chi connectivity index (χ1v) is 4.99. The monoisotopic (exact) mass is 234 g/mol. The molecule has 0 amide bonds. The number of halogens is 1. The summed E-state index contributed by atoms with van der Waals surface area (Å²) in [5, 5.41) is 4.00. The molecule has 0 bridgehead atoms. The Balaban J connectivity index is 2.53. The Kier molecular flexibility index (Phi) is 2.91. The van der Waals surface area contributed by atoms with Crippen molar-refractivity contribution in [3.05, 3.63) is 41.8 Å². The minimum Gasteiger partial charge on any atom is -0.465 e. The highest BCUT2D eigenvalue weighted by Gasteiger charge is 2.11. The number of ether oxygens (including phenoxy) is 1. The molecular formula is C12H11FN2O2. The molecule has 17 heavy (non-hydrogen) atoms. The van der Waals surface area contributed by atoms with Gasteiger partial charge in [0, 0.05) is 18.8 Å².